The van der Waals surface area contributed by atoms with Gasteiger partial charge in [0.05, 0.1) is 6.04 Å². The molecular formula is C14H16FNO. The van der Waals surface area contributed by atoms with E-state index in [2.05, 4.69) is 17.0 Å². The van der Waals surface area contributed by atoms with Crippen molar-refractivity contribution in [2.45, 2.75) is 44.1 Å². The van der Waals surface area contributed by atoms with Gasteiger partial charge in [-0.1, -0.05) is 30.3 Å². The van der Waals surface area contributed by atoms with E-state index in [1.54, 1.807) is 0 Å². The van der Waals surface area contributed by atoms with E-state index >= 15 is 0 Å². The number of carbonyl (C=O) groups excluding carboxylic acids is 1. The van der Waals surface area contributed by atoms with Gasteiger partial charge in [0.1, 0.15) is 0 Å². The molecule has 2 fully saturated rings. The number of carbonyl (C=O) groups is 1. The zero-order valence-electron chi connectivity index (χ0n) is 9.68. The lowest BCUT2D eigenvalue weighted by molar-refractivity contribution is -0.133. The number of nitrogens with zero attached hydrogens (tertiary/aromatic N) is 1. The molecule has 17 heavy (non-hydrogen) atoms. The minimum atomic E-state index is -1.22. The minimum Gasteiger partial charge on any atom is -0.295 e. The zero-order chi connectivity index (χ0) is 11.8. The number of hydrogen-bond acceptors (Lipinski definition) is 2. The summed E-state index contributed by atoms with van der Waals surface area (Å²) >= 11 is 0. The Kier molecular flexibility index (Phi) is 2.71. The molecule has 2 saturated heterocycles. The highest BCUT2D eigenvalue weighted by atomic mass is 19.1. The number of hydrogen-bond donors (Lipinski definition) is 0. The summed E-state index contributed by atoms with van der Waals surface area (Å²) in [6, 6.07) is 10.2. The molecule has 2 heterocycles. The van der Waals surface area contributed by atoms with Crippen LogP contribution in [0.2, 0.25) is 0 Å². The third-order valence-corrected chi connectivity index (χ3v) is 3.97. The topological polar surface area (TPSA) is 20.3 Å². The van der Waals surface area contributed by atoms with E-state index < -0.39 is 6.17 Å². The van der Waals surface area contributed by atoms with E-state index in [4.69, 9.17) is 0 Å². The Balaban J connectivity index is 1.79. The van der Waals surface area contributed by atoms with Crippen molar-refractivity contribution >= 4 is 5.78 Å². The number of alkyl halides is 1. The first kappa shape index (κ1) is 10.9. The van der Waals surface area contributed by atoms with E-state index in [0.29, 0.717) is 6.42 Å². The molecule has 0 aromatic heterocycles. The number of ketones is 1. The van der Waals surface area contributed by atoms with E-state index in [9.17, 15) is 9.18 Å². The van der Waals surface area contributed by atoms with Gasteiger partial charge in [-0.3, -0.25) is 9.69 Å². The van der Waals surface area contributed by atoms with Crippen molar-refractivity contribution in [3.05, 3.63) is 35.9 Å². The van der Waals surface area contributed by atoms with E-state index in [1.807, 2.05) is 18.2 Å². The summed E-state index contributed by atoms with van der Waals surface area (Å²) in [7, 11) is 0. The molecule has 2 nitrogen and oxygen atoms in total. The Morgan fingerprint density at radius 1 is 1.24 bits per heavy atom. The molecule has 3 heteroatoms. The first-order chi connectivity index (χ1) is 8.25. The lowest BCUT2D eigenvalue weighted by Gasteiger charge is -2.35. The van der Waals surface area contributed by atoms with Gasteiger partial charge in [0.25, 0.3) is 0 Å². The summed E-state index contributed by atoms with van der Waals surface area (Å²) in [5.74, 6) is -0.199. The van der Waals surface area contributed by atoms with Gasteiger partial charge in [0.2, 0.25) is 0 Å². The number of halogens is 1. The number of benzene rings is 1. The highest BCUT2D eigenvalue weighted by Gasteiger charge is 2.46. The predicted molar refractivity (Wildman–Crippen MR) is 63.3 cm³/mol. The SMILES string of the molecule is O=C1[C@H]2CC[C@@H](C[C@@H]1F)N2Cc1ccccc1. The van der Waals surface area contributed by atoms with Gasteiger partial charge in [-0.15, -0.1) is 0 Å². The summed E-state index contributed by atoms with van der Waals surface area (Å²) in [6.07, 6.45) is 0.960. The van der Waals surface area contributed by atoms with E-state index in [0.717, 1.165) is 19.4 Å². The largest absolute Gasteiger partial charge is 0.295 e. The van der Waals surface area contributed by atoms with Gasteiger partial charge >= 0.3 is 0 Å². The van der Waals surface area contributed by atoms with Crippen LogP contribution in [0.4, 0.5) is 4.39 Å². The number of fused-ring (bicyclic) bond motifs is 2. The molecule has 0 aliphatic carbocycles. The van der Waals surface area contributed by atoms with Crippen LogP contribution in [0, 0.1) is 0 Å². The average Bonchev–Trinajstić information content (AvgIpc) is 2.65. The molecular weight excluding hydrogens is 217 g/mol. The summed E-state index contributed by atoms with van der Waals surface area (Å²) in [4.78, 5) is 14.0. The summed E-state index contributed by atoms with van der Waals surface area (Å²) in [6.45, 7) is 0.772. The van der Waals surface area contributed by atoms with Crippen molar-refractivity contribution in [3.8, 4) is 0 Å². The molecule has 2 aliphatic heterocycles. The molecule has 2 bridgehead atoms. The molecule has 0 spiro atoms. The van der Waals surface area contributed by atoms with Crippen LogP contribution in [0.1, 0.15) is 24.8 Å². The van der Waals surface area contributed by atoms with Crippen LogP contribution in [0.25, 0.3) is 0 Å². The van der Waals surface area contributed by atoms with Crippen LogP contribution in [0.3, 0.4) is 0 Å². The monoisotopic (exact) mass is 233 g/mol. The van der Waals surface area contributed by atoms with Crippen molar-refractivity contribution in [2.75, 3.05) is 0 Å². The Bertz CT molecular complexity index is 419. The van der Waals surface area contributed by atoms with Gasteiger partial charge in [-0.05, 0) is 18.4 Å². The third-order valence-electron chi connectivity index (χ3n) is 3.97. The predicted octanol–water partition coefficient (Wildman–Crippen LogP) is 2.33. The Morgan fingerprint density at radius 2 is 2.00 bits per heavy atom. The molecule has 1 aromatic rings. The summed E-state index contributed by atoms with van der Waals surface area (Å²) in [5, 5.41) is 0. The highest BCUT2D eigenvalue weighted by Crippen LogP contribution is 2.35. The van der Waals surface area contributed by atoms with E-state index in [1.165, 1.54) is 5.56 Å². The molecule has 1 aromatic carbocycles. The van der Waals surface area contributed by atoms with Gasteiger partial charge in [0.15, 0.2) is 12.0 Å². The molecule has 3 rings (SSSR count). The maximum atomic E-state index is 13.5. The first-order valence-electron chi connectivity index (χ1n) is 6.23. The van der Waals surface area contributed by atoms with Gasteiger partial charge in [-0.25, -0.2) is 4.39 Å². The summed E-state index contributed by atoms with van der Waals surface area (Å²) < 4.78 is 13.5. The standard InChI is InChI=1S/C14H16FNO/c15-12-8-11-6-7-13(14(12)17)16(11)9-10-4-2-1-3-5-10/h1-5,11-13H,6-9H2/t11-,12-,13+/m0/s1. The van der Waals surface area contributed by atoms with Gasteiger partial charge in [-0.2, -0.15) is 0 Å². The van der Waals surface area contributed by atoms with E-state index in [-0.39, 0.29) is 17.9 Å². The number of rotatable bonds is 2. The van der Waals surface area contributed by atoms with Crippen molar-refractivity contribution in [1.29, 1.82) is 0 Å². The third kappa shape index (κ3) is 1.89. The van der Waals surface area contributed by atoms with Crippen LogP contribution < -0.4 is 0 Å². The molecule has 0 radical (unpaired) electrons. The lowest BCUT2D eigenvalue weighted by Crippen LogP contribution is -2.49. The molecule has 0 saturated carbocycles. The highest BCUT2D eigenvalue weighted by molar-refractivity contribution is 5.89. The van der Waals surface area contributed by atoms with Gasteiger partial charge < -0.3 is 0 Å². The molecule has 0 N–H and O–H groups in total. The zero-order valence-corrected chi connectivity index (χ0v) is 9.68. The second-order valence-electron chi connectivity index (χ2n) is 5.01. The van der Waals surface area contributed by atoms with Crippen molar-refractivity contribution in [1.82, 2.24) is 4.90 Å². The summed E-state index contributed by atoms with van der Waals surface area (Å²) in [5.41, 5.74) is 1.20. The minimum absolute atomic E-state index is 0.177. The van der Waals surface area contributed by atoms with Crippen LogP contribution >= 0.6 is 0 Å². The maximum Gasteiger partial charge on any atom is 0.183 e. The lowest BCUT2D eigenvalue weighted by atomic mass is 9.99. The Hall–Kier alpha value is -1.22. The molecule has 90 valence electrons. The normalized spacial score (nSPS) is 33.0. The average molecular weight is 233 g/mol. The Morgan fingerprint density at radius 3 is 2.76 bits per heavy atom. The van der Waals surface area contributed by atoms with Crippen molar-refractivity contribution < 1.29 is 9.18 Å². The second kappa shape index (κ2) is 4.22. The van der Waals surface area contributed by atoms with Crippen LogP contribution in [-0.4, -0.2) is 28.9 Å². The van der Waals surface area contributed by atoms with Gasteiger partial charge in [0, 0.05) is 19.0 Å². The molecule has 2 aliphatic rings. The second-order valence-corrected chi connectivity index (χ2v) is 5.01. The Labute approximate surface area is 100 Å². The number of Topliss-reactive ketones (excluding diaryl/α,β-unsaturated/α-hetero) is 1. The van der Waals surface area contributed by atoms with Crippen molar-refractivity contribution in [2.24, 2.45) is 0 Å². The van der Waals surface area contributed by atoms with Crippen LogP contribution in [-0.2, 0) is 11.3 Å². The molecule has 0 amide bonds. The van der Waals surface area contributed by atoms with Crippen LogP contribution in [0.15, 0.2) is 30.3 Å². The van der Waals surface area contributed by atoms with Crippen molar-refractivity contribution in [3.63, 3.8) is 0 Å². The van der Waals surface area contributed by atoms with Crippen LogP contribution in [0.5, 0.6) is 0 Å². The molecule has 3 atom stereocenters. The number of piperidine rings is 1. The fourth-order valence-electron chi connectivity index (χ4n) is 3.09. The molecule has 0 unspecified atom stereocenters. The first-order valence-corrected chi connectivity index (χ1v) is 6.23. The quantitative estimate of drug-likeness (QED) is 0.781. The fourth-order valence-corrected chi connectivity index (χ4v) is 3.09. The fraction of sp³-hybridized carbons (Fsp3) is 0.500. The maximum absolute atomic E-state index is 13.5. The smallest absolute Gasteiger partial charge is 0.183 e.